The number of pyridine rings is 1. The van der Waals surface area contributed by atoms with Gasteiger partial charge in [-0.2, -0.15) is 4.73 Å². The van der Waals surface area contributed by atoms with Crippen LogP contribution in [0.3, 0.4) is 0 Å². The minimum absolute atomic E-state index is 0.0169. The first-order valence-corrected chi connectivity index (χ1v) is 11.4. The summed E-state index contributed by atoms with van der Waals surface area (Å²) in [5.74, 6) is 0.732. The summed E-state index contributed by atoms with van der Waals surface area (Å²) in [6.07, 6.45) is 2.53. The molecule has 0 aliphatic carbocycles. The second-order valence-electron chi connectivity index (χ2n) is 7.49. The molecular weight excluding hydrogens is 426 g/mol. The Bertz CT molecular complexity index is 1110. The van der Waals surface area contributed by atoms with Crippen molar-refractivity contribution in [1.29, 1.82) is 0 Å². The Morgan fingerprint density at radius 3 is 2.65 bits per heavy atom. The van der Waals surface area contributed by atoms with E-state index in [0.717, 1.165) is 23.4 Å². The number of aliphatic hydroxyl groups excluding tert-OH is 1. The van der Waals surface area contributed by atoms with E-state index in [4.69, 9.17) is 17.1 Å². The highest BCUT2D eigenvalue weighted by molar-refractivity contribution is 8.00. The zero-order chi connectivity index (χ0) is 22.0. The largest absolute Gasteiger partial charge is 0.506 e. The molecule has 0 bridgehead atoms. The Labute approximate surface area is 192 Å². The second kappa shape index (κ2) is 9.08. The summed E-state index contributed by atoms with van der Waals surface area (Å²) in [6, 6.07) is 15.8. The number of thioether (sulfide) groups is 1. The van der Waals surface area contributed by atoms with E-state index in [1.807, 2.05) is 35.2 Å². The third-order valence-electron chi connectivity index (χ3n) is 5.27. The van der Waals surface area contributed by atoms with Crippen molar-refractivity contribution >= 4 is 24.0 Å². The Kier molecular flexibility index (Phi) is 6.25. The second-order valence-corrected chi connectivity index (χ2v) is 9.01. The van der Waals surface area contributed by atoms with Gasteiger partial charge >= 0.3 is 0 Å². The molecule has 4 rings (SSSR count). The SMILES string of the molecule is C=C(Cc1ccccc1)NC1C(=C)N2C(C(=C)O)=C(COn3ccccc3=S)CSC12. The van der Waals surface area contributed by atoms with Crippen LogP contribution in [0.15, 0.2) is 103 Å². The van der Waals surface area contributed by atoms with E-state index in [1.165, 1.54) is 5.56 Å². The molecule has 0 spiro atoms. The molecule has 0 saturated carbocycles. The first-order valence-electron chi connectivity index (χ1n) is 9.95. The van der Waals surface area contributed by atoms with E-state index >= 15 is 0 Å². The molecule has 2 aromatic rings. The van der Waals surface area contributed by atoms with E-state index in [-0.39, 0.29) is 17.2 Å². The fourth-order valence-corrected chi connectivity index (χ4v) is 5.39. The van der Waals surface area contributed by atoms with Gasteiger partial charge in [0.25, 0.3) is 0 Å². The maximum atomic E-state index is 10.3. The van der Waals surface area contributed by atoms with Crippen LogP contribution in [0.2, 0.25) is 0 Å². The maximum absolute atomic E-state index is 10.3. The predicted molar refractivity (Wildman–Crippen MR) is 129 cm³/mol. The van der Waals surface area contributed by atoms with Crippen molar-refractivity contribution in [2.24, 2.45) is 0 Å². The third kappa shape index (κ3) is 4.43. The first kappa shape index (κ1) is 21.3. The molecule has 1 aromatic carbocycles. The number of aliphatic hydroxyl groups is 1. The van der Waals surface area contributed by atoms with Crippen molar-refractivity contribution in [1.82, 2.24) is 14.9 Å². The molecule has 2 aliphatic heterocycles. The average molecular weight is 452 g/mol. The van der Waals surface area contributed by atoms with E-state index < -0.39 is 0 Å². The van der Waals surface area contributed by atoms with Crippen LogP contribution in [0.5, 0.6) is 0 Å². The molecule has 2 unspecified atom stereocenters. The number of aromatic nitrogens is 1. The molecule has 0 amide bonds. The van der Waals surface area contributed by atoms with E-state index in [1.54, 1.807) is 28.8 Å². The summed E-state index contributed by atoms with van der Waals surface area (Å²) >= 11 is 7.06. The summed E-state index contributed by atoms with van der Waals surface area (Å²) < 4.78 is 2.14. The van der Waals surface area contributed by atoms with Crippen molar-refractivity contribution in [3.63, 3.8) is 0 Å². The van der Waals surface area contributed by atoms with E-state index in [2.05, 4.69) is 37.2 Å². The number of hydrogen-bond donors (Lipinski definition) is 2. The zero-order valence-corrected chi connectivity index (χ0v) is 18.8. The van der Waals surface area contributed by atoms with Crippen LogP contribution >= 0.6 is 24.0 Å². The molecular formula is C24H25N3O2S2. The van der Waals surface area contributed by atoms with Crippen LogP contribution in [0.1, 0.15) is 5.56 Å². The molecule has 3 heterocycles. The summed E-state index contributed by atoms with van der Waals surface area (Å²) in [5.41, 5.74) is 4.66. The lowest BCUT2D eigenvalue weighted by atomic mass is 9.98. The lowest BCUT2D eigenvalue weighted by Gasteiger charge is -2.54. The van der Waals surface area contributed by atoms with Crippen LogP contribution in [-0.4, -0.2) is 38.5 Å². The van der Waals surface area contributed by atoms with Gasteiger partial charge in [0.05, 0.1) is 11.7 Å². The first-order chi connectivity index (χ1) is 15.0. The average Bonchev–Trinajstić information content (AvgIpc) is 2.76. The summed E-state index contributed by atoms with van der Waals surface area (Å²) in [5, 5.41) is 14.0. The maximum Gasteiger partial charge on any atom is 0.142 e. The number of benzene rings is 1. The topological polar surface area (TPSA) is 49.7 Å². The number of nitrogens with zero attached hydrogens (tertiary/aromatic N) is 2. The number of nitrogens with one attached hydrogen (secondary N) is 1. The number of rotatable bonds is 8. The molecule has 0 radical (unpaired) electrons. The van der Waals surface area contributed by atoms with E-state index in [0.29, 0.717) is 22.7 Å². The monoisotopic (exact) mass is 451 g/mol. The lowest BCUT2D eigenvalue weighted by molar-refractivity contribution is 0.120. The smallest absolute Gasteiger partial charge is 0.142 e. The van der Waals surface area contributed by atoms with Crippen molar-refractivity contribution in [3.8, 4) is 0 Å². The summed E-state index contributed by atoms with van der Waals surface area (Å²) in [7, 11) is 0. The van der Waals surface area contributed by atoms with Gasteiger partial charge in [-0.1, -0.05) is 68.4 Å². The molecule has 2 aliphatic rings. The molecule has 2 N–H and O–H groups in total. The van der Waals surface area contributed by atoms with E-state index in [9.17, 15) is 5.11 Å². The molecule has 31 heavy (non-hydrogen) atoms. The summed E-state index contributed by atoms with van der Waals surface area (Å²) in [6.45, 7) is 12.5. The Morgan fingerprint density at radius 1 is 1.19 bits per heavy atom. The van der Waals surface area contributed by atoms with Gasteiger partial charge in [-0.3, -0.25) is 0 Å². The third-order valence-corrected chi connectivity index (χ3v) is 6.93. The lowest BCUT2D eigenvalue weighted by Crippen LogP contribution is -2.62. The van der Waals surface area contributed by atoms with Gasteiger partial charge in [-0.15, -0.1) is 11.8 Å². The van der Waals surface area contributed by atoms with Crippen molar-refractivity contribution < 1.29 is 9.94 Å². The number of fused-ring (bicyclic) bond motifs is 1. The van der Waals surface area contributed by atoms with Crippen molar-refractivity contribution in [2.45, 2.75) is 17.8 Å². The highest BCUT2D eigenvalue weighted by atomic mass is 32.2. The minimum atomic E-state index is 0.0169. The molecule has 1 fully saturated rings. The Balaban J connectivity index is 1.45. The van der Waals surface area contributed by atoms with Gasteiger partial charge in [0.15, 0.2) is 0 Å². The van der Waals surface area contributed by atoms with Gasteiger partial charge in [-0.25, -0.2) is 0 Å². The highest BCUT2D eigenvalue weighted by Gasteiger charge is 2.48. The van der Waals surface area contributed by atoms with Gasteiger partial charge in [-0.05, 0) is 17.7 Å². The fourth-order valence-electron chi connectivity index (χ4n) is 3.80. The van der Waals surface area contributed by atoms with Gasteiger partial charge in [0, 0.05) is 35.3 Å². The van der Waals surface area contributed by atoms with Crippen LogP contribution in [0.25, 0.3) is 0 Å². The van der Waals surface area contributed by atoms with Crippen molar-refractivity contribution in [2.75, 3.05) is 12.4 Å². The Morgan fingerprint density at radius 2 is 1.94 bits per heavy atom. The number of hydrogen-bond acceptors (Lipinski definition) is 6. The van der Waals surface area contributed by atoms with Crippen LogP contribution in [-0.2, 0) is 6.42 Å². The molecule has 7 heteroatoms. The summed E-state index contributed by atoms with van der Waals surface area (Å²) in [4.78, 5) is 7.90. The quantitative estimate of drug-likeness (QED) is 0.452. The molecule has 1 saturated heterocycles. The predicted octanol–water partition coefficient (Wildman–Crippen LogP) is 4.59. The van der Waals surface area contributed by atoms with Crippen LogP contribution < -0.4 is 10.2 Å². The molecule has 2 atom stereocenters. The van der Waals surface area contributed by atoms with Crippen molar-refractivity contribution in [3.05, 3.63) is 113 Å². The fraction of sp³-hybridized carbons (Fsp3) is 0.208. The standard InChI is InChI=1S/C24H25N3O2S2/c1-16(13-19-9-5-4-6-10-19)25-22-17(2)27-23(18(3)28)20(15-31-24(22)27)14-29-26-12-8-7-11-21(26)30/h4-12,22,24-25,28H,1-3,13-15H2. The number of allylic oxidation sites excluding steroid dienone is 1. The van der Waals surface area contributed by atoms with Crippen LogP contribution in [0, 0.1) is 4.64 Å². The molecule has 160 valence electrons. The normalized spacial score (nSPS) is 20.0. The minimum Gasteiger partial charge on any atom is -0.506 e. The van der Waals surface area contributed by atoms with Crippen LogP contribution in [0.4, 0.5) is 0 Å². The van der Waals surface area contributed by atoms with Gasteiger partial charge in [0.2, 0.25) is 0 Å². The zero-order valence-electron chi connectivity index (χ0n) is 17.2. The molecule has 1 aromatic heterocycles. The van der Waals surface area contributed by atoms with Gasteiger partial charge in [0.1, 0.15) is 22.4 Å². The Hall–Kier alpha value is -2.90. The highest BCUT2D eigenvalue weighted by Crippen LogP contribution is 2.46. The van der Waals surface area contributed by atoms with Gasteiger partial charge < -0.3 is 20.2 Å². The molecule has 5 nitrogen and oxygen atoms in total.